The zero-order chi connectivity index (χ0) is 20.0. The largest absolute Gasteiger partial charge is 0.384 e. The Labute approximate surface area is 168 Å². The van der Waals surface area contributed by atoms with Crippen LogP contribution in [0.4, 0.5) is 11.4 Å². The van der Waals surface area contributed by atoms with Gasteiger partial charge in [0, 0.05) is 43.0 Å². The molecule has 148 valence electrons. The van der Waals surface area contributed by atoms with E-state index in [0.717, 1.165) is 35.5 Å². The average molecular weight is 390 g/mol. The fraction of sp³-hybridized carbons (Fsp3) is 0.318. The topological polar surface area (TPSA) is 90.5 Å². The van der Waals surface area contributed by atoms with Gasteiger partial charge >= 0.3 is 0 Å². The Morgan fingerprint density at radius 3 is 2.83 bits per heavy atom. The van der Waals surface area contributed by atoms with Crippen molar-refractivity contribution < 1.29 is 14.4 Å². The summed E-state index contributed by atoms with van der Waals surface area (Å²) in [5.41, 5.74) is 6.00. The Balaban J connectivity index is 1.35. The number of rotatable bonds is 4. The normalized spacial score (nSPS) is 20.2. The summed E-state index contributed by atoms with van der Waals surface area (Å²) < 4.78 is 0. The third-order valence-electron chi connectivity index (χ3n) is 5.94. The van der Waals surface area contributed by atoms with E-state index >= 15 is 0 Å². The molecule has 7 heteroatoms. The summed E-state index contributed by atoms with van der Waals surface area (Å²) in [5, 5.41) is 9.13. The van der Waals surface area contributed by atoms with Gasteiger partial charge in [-0.3, -0.25) is 19.7 Å². The fourth-order valence-corrected chi connectivity index (χ4v) is 4.44. The van der Waals surface area contributed by atoms with Crippen molar-refractivity contribution in [3.05, 3.63) is 58.7 Å². The highest BCUT2D eigenvalue weighted by molar-refractivity contribution is 6.06. The van der Waals surface area contributed by atoms with E-state index in [4.69, 9.17) is 0 Å². The summed E-state index contributed by atoms with van der Waals surface area (Å²) in [6.07, 6.45) is 1.68. The van der Waals surface area contributed by atoms with Crippen molar-refractivity contribution >= 4 is 29.1 Å². The molecule has 1 saturated heterocycles. The number of carbonyl (C=O) groups is 3. The molecule has 1 fully saturated rings. The second-order valence-electron chi connectivity index (χ2n) is 7.75. The van der Waals surface area contributed by atoms with Gasteiger partial charge in [0.05, 0.1) is 0 Å². The van der Waals surface area contributed by atoms with E-state index in [-0.39, 0.29) is 24.1 Å². The molecule has 0 radical (unpaired) electrons. The zero-order valence-corrected chi connectivity index (χ0v) is 16.0. The number of imide groups is 1. The summed E-state index contributed by atoms with van der Waals surface area (Å²) in [6, 6.07) is 11.5. The van der Waals surface area contributed by atoms with E-state index in [1.807, 2.05) is 18.2 Å². The summed E-state index contributed by atoms with van der Waals surface area (Å²) in [5.74, 6) is -0.792. The van der Waals surface area contributed by atoms with E-state index in [9.17, 15) is 14.4 Å². The molecular weight excluding hydrogens is 368 g/mol. The van der Waals surface area contributed by atoms with Crippen LogP contribution in [0.2, 0.25) is 0 Å². The lowest BCUT2D eigenvalue weighted by Crippen LogP contribution is -2.52. The highest BCUT2D eigenvalue weighted by Gasteiger charge is 2.39. The molecule has 0 saturated carbocycles. The molecule has 3 aliphatic rings. The average Bonchev–Trinajstić information content (AvgIpc) is 3.31. The maximum atomic E-state index is 13.1. The Morgan fingerprint density at radius 2 is 1.97 bits per heavy atom. The first-order valence-electron chi connectivity index (χ1n) is 9.96. The lowest BCUT2D eigenvalue weighted by atomic mass is 10.0. The van der Waals surface area contributed by atoms with Crippen LogP contribution in [0.1, 0.15) is 39.9 Å². The number of piperidine rings is 1. The van der Waals surface area contributed by atoms with Crippen molar-refractivity contribution in [2.75, 3.05) is 17.2 Å². The lowest BCUT2D eigenvalue weighted by molar-refractivity contribution is -0.136. The monoisotopic (exact) mass is 390 g/mol. The molecule has 7 nitrogen and oxygen atoms in total. The molecule has 5 rings (SSSR count). The van der Waals surface area contributed by atoms with Gasteiger partial charge in [-0.1, -0.05) is 24.3 Å². The number of fused-ring (bicyclic) bond motifs is 2. The van der Waals surface area contributed by atoms with Crippen LogP contribution in [0.25, 0.3) is 0 Å². The van der Waals surface area contributed by atoms with Crippen LogP contribution in [0.5, 0.6) is 0 Å². The molecule has 3 heterocycles. The number of anilines is 2. The minimum Gasteiger partial charge on any atom is -0.384 e. The first-order chi connectivity index (χ1) is 14.1. The van der Waals surface area contributed by atoms with Crippen molar-refractivity contribution in [1.29, 1.82) is 0 Å². The summed E-state index contributed by atoms with van der Waals surface area (Å²) in [4.78, 5) is 38.4. The molecule has 2 aromatic carbocycles. The van der Waals surface area contributed by atoms with Crippen LogP contribution >= 0.6 is 0 Å². The number of amides is 3. The molecule has 3 aliphatic heterocycles. The molecule has 0 aliphatic carbocycles. The molecule has 0 spiro atoms. The number of hydrogen-bond donors (Lipinski definition) is 3. The molecular formula is C22H22N4O3. The first kappa shape index (κ1) is 17.7. The third-order valence-corrected chi connectivity index (χ3v) is 5.94. The predicted octanol–water partition coefficient (Wildman–Crippen LogP) is 2.03. The van der Waals surface area contributed by atoms with Gasteiger partial charge in [-0.2, -0.15) is 0 Å². The number of hydrogen-bond acceptors (Lipinski definition) is 5. The van der Waals surface area contributed by atoms with Gasteiger partial charge in [-0.15, -0.1) is 0 Å². The number of nitrogens with zero attached hydrogens (tertiary/aromatic N) is 1. The number of benzene rings is 2. The van der Waals surface area contributed by atoms with E-state index in [1.165, 1.54) is 5.56 Å². The molecule has 1 atom stereocenters. The van der Waals surface area contributed by atoms with Gasteiger partial charge in [0.15, 0.2) is 0 Å². The lowest BCUT2D eigenvalue weighted by Gasteiger charge is -2.29. The SMILES string of the molecule is O=C1CCC(N2Cc3cccc(CNc4ccc5c(c4)NCC5)c3C2=O)C(=O)N1. The van der Waals surface area contributed by atoms with Crippen molar-refractivity contribution in [2.45, 2.75) is 38.4 Å². The van der Waals surface area contributed by atoms with Crippen LogP contribution < -0.4 is 16.0 Å². The van der Waals surface area contributed by atoms with Crippen LogP contribution in [0.3, 0.4) is 0 Å². The molecule has 3 N–H and O–H groups in total. The highest BCUT2D eigenvalue weighted by Crippen LogP contribution is 2.31. The predicted molar refractivity (Wildman–Crippen MR) is 108 cm³/mol. The van der Waals surface area contributed by atoms with Crippen LogP contribution in [-0.2, 0) is 29.1 Å². The summed E-state index contributed by atoms with van der Waals surface area (Å²) in [6.45, 7) is 1.89. The van der Waals surface area contributed by atoms with Crippen LogP contribution in [0, 0.1) is 0 Å². The van der Waals surface area contributed by atoms with Gasteiger partial charge in [0.2, 0.25) is 11.8 Å². The second kappa shape index (κ2) is 6.92. The Bertz CT molecular complexity index is 1030. The summed E-state index contributed by atoms with van der Waals surface area (Å²) >= 11 is 0. The Kier molecular flexibility index (Phi) is 4.23. The molecule has 0 aromatic heterocycles. The molecule has 3 amide bonds. The number of carbonyl (C=O) groups excluding carboxylic acids is 3. The van der Waals surface area contributed by atoms with Crippen molar-refractivity contribution in [3.63, 3.8) is 0 Å². The fourth-order valence-electron chi connectivity index (χ4n) is 4.44. The molecule has 29 heavy (non-hydrogen) atoms. The minimum atomic E-state index is -0.587. The van der Waals surface area contributed by atoms with Gasteiger partial charge in [-0.25, -0.2) is 0 Å². The summed E-state index contributed by atoms with van der Waals surface area (Å²) in [7, 11) is 0. The number of nitrogens with one attached hydrogen (secondary N) is 3. The van der Waals surface area contributed by atoms with Crippen molar-refractivity contribution in [1.82, 2.24) is 10.2 Å². The minimum absolute atomic E-state index is 0.137. The van der Waals surface area contributed by atoms with E-state index < -0.39 is 6.04 Å². The van der Waals surface area contributed by atoms with Crippen LogP contribution in [-0.4, -0.2) is 35.2 Å². The highest BCUT2D eigenvalue weighted by atomic mass is 16.2. The van der Waals surface area contributed by atoms with Gasteiger partial charge < -0.3 is 15.5 Å². The van der Waals surface area contributed by atoms with Crippen molar-refractivity contribution in [2.24, 2.45) is 0 Å². The molecule has 2 aromatic rings. The van der Waals surface area contributed by atoms with E-state index in [1.54, 1.807) is 4.90 Å². The van der Waals surface area contributed by atoms with Gasteiger partial charge in [0.1, 0.15) is 6.04 Å². The quantitative estimate of drug-likeness (QED) is 0.695. The van der Waals surface area contributed by atoms with E-state index in [0.29, 0.717) is 25.1 Å². The maximum Gasteiger partial charge on any atom is 0.255 e. The molecule has 1 unspecified atom stereocenters. The smallest absolute Gasteiger partial charge is 0.255 e. The second-order valence-corrected chi connectivity index (χ2v) is 7.75. The zero-order valence-electron chi connectivity index (χ0n) is 16.0. The Hall–Kier alpha value is -3.35. The standard InChI is InChI=1S/C22H22N4O3/c27-19-7-6-18(21(28)25-19)26-12-15-3-1-2-14(20(15)22(26)29)11-24-16-5-4-13-8-9-23-17(13)10-16/h1-5,10,18,23-24H,6-9,11-12H2,(H,25,27,28). The van der Waals surface area contributed by atoms with E-state index in [2.05, 4.69) is 34.1 Å². The molecule has 0 bridgehead atoms. The van der Waals surface area contributed by atoms with Crippen molar-refractivity contribution in [3.8, 4) is 0 Å². The third kappa shape index (κ3) is 3.12. The first-order valence-corrected chi connectivity index (χ1v) is 9.96. The van der Waals surface area contributed by atoms with Gasteiger partial charge in [0.25, 0.3) is 5.91 Å². The van der Waals surface area contributed by atoms with Gasteiger partial charge in [-0.05, 0) is 41.7 Å². The maximum absolute atomic E-state index is 13.1. The Morgan fingerprint density at radius 1 is 1.07 bits per heavy atom. The van der Waals surface area contributed by atoms with Crippen LogP contribution in [0.15, 0.2) is 36.4 Å².